The summed E-state index contributed by atoms with van der Waals surface area (Å²) in [6, 6.07) is 11.6. The minimum atomic E-state index is -0.146. The third-order valence-electron chi connectivity index (χ3n) is 5.33. The number of hydrogen-bond donors (Lipinski definition) is 2. The third kappa shape index (κ3) is 4.31. The molecule has 0 radical (unpaired) electrons. The summed E-state index contributed by atoms with van der Waals surface area (Å²) in [5.41, 5.74) is 1.49. The lowest BCUT2D eigenvalue weighted by atomic mass is 9.96. The summed E-state index contributed by atoms with van der Waals surface area (Å²) in [5.74, 6) is 1.55. The Balaban J connectivity index is 1.33. The molecule has 1 saturated heterocycles. The molecule has 3 atom stereocenters. The first-order valence-electron chi connectivity index (χ1n) is 8.95. The molecule has 1 aromatic rings. The maximum Gasteiger partial charge on any atom is 0.0664 e. The van der Waals surface area contributed by atoms with E-state index in [0.29, 0.717) is 6.04 Å². The van der Waals surface area contributed by atoms with Crippen LogP contribution in [0.15, 0.2) is 30.3 Å². The predicted octanol–water partition coefficient (Wildman–Crippen LogP) is 2.62. The molecule has 2 aliphatic rings. The van der Waals surface area contributed by atoms with Crippen LogP contribution in [0.2, 0.25) is 0 Å². The van der Waals surface area contributed by atoms with Crippen molar-refractivity contribution >= 4 is 0 Å². The molecule has 3 rings (SSSR count). The number of piperidine rings is 1. The van der Waals surface area contributed by atoms with Crippen molar-refractivity contribution in [1.82, 2.24) is 10.2 Å². The Hall–Kier alpha value is -0.900. The van der Waals surface area contributed by atoms with E-state index in [1.54, 1.807) is 0 Å². The van der Waals surface area contributed by atoms with Crippen molar-refractivity contribution in [2.75, 3.05) is 26.2 Å². The largest absolute Gasteiger partial charge is 0.392 e. The fraction of sp³-hybridized carbons (Fsp3) is 0.684. The highest BCUT2D eigenvalue weighted by Crippen LogP contribution is 2.40. The molecule has 1 aliphatic carbocycles. The standard InChI is InChI=1S/C19H30N2O/c1-2-17(22)14-21-10-8-15(9-11-21)13-20-19-12-18(19)16-6-4-3-5-7-16/h3-7,15,17-20,22H,2,8-14H2,1H3. The Kier molecular flexibility index (Phi) is 5.51. The fourth-order valence-corrected chi connectivity index (χ4v) is 3.61. The lowest BCUT2D eigenvalue weighted by Gasteiger charge is -2.33. The van der Waals surface area contributed by atoms with Crippen molar-refractivity contribution < 1.29 is 5.11 Å². The molecule has 3 heteroatoms. The highest BCUT2D eigenvalue weighted by atomic mass is 16.3. The Labute approximate surface area is 134 Å². The van der Waals surface area contributed by atoms with Gasteiger partial charge in [-0.3, -0.25) is 0 Å². The molecular formula is C19H30N2O. The van der Waals surface area contributed by atoms with Crippen LogP contribution in [-0.2, 0) is 0 Å². The van der Waals surface area contributed by atoms with E-state index in [-0.39, 0.29) is 6.10 Å². The molecule has 0 bridgehead atoms. The molecule has 2 fully saturated rings. The van der Waals surface area contributed by atoms with Crippen LogP contribution in [0.3, 0.4) is 0 Å². The highest BCUT2D eigenvalue weighted by Gasteiger charge is 2.38. The van der Waals surface area contributed by atoms with Crippen LogP contribution in [0, 0.1) is 5.92 Å². The van der Waals surface area contributed by atoms with Crippen LogP contribution in [0.1, 0.15) is 44.1 Å². The maximum atomic E-state index is 9.74. The van der Waals surface area contributed by atoms with Gasteiger partial charge in [0.15, 0.2) is 0 Å². The number of β-amino-alcohol motifs (C(OH)–C–C–N with tert-alkyl or cyclic N) is 1. The van der Waals surface area contributed by atoms with Gasteiger partial charge >= 0.3 is 0 Å². The second-order valence-electron chi connectivity index (χ2n) is 7.07. The van der Waals surface area contributed by atoms with Crippen LogP contribution in [0.25, 0.3) is 0 Å². The maximum absolute atomic E-state index is 9.74. The summed E-state index contributed by atoms with van der Waals surface area (Å²) >= 11 is 0. The van der Waals surface area contributed by atoms with Crippen molar-refractivity contribution in [2.24, 2.45) is 5.92 Å². The molecule has 3 nitrogen and oxygen atoms in total. The van der Waals surface area contributed by atoms with Crippen LogP contribution in [-0.4, -0.2) is 48.3 Å². The number of benzene rings is 1. The van der Waals surface area contributed by atoms with Gasteiger partial charge < -0.3 is 15.3 Å². The number of likely N-dealkylation sites (tertiary alicyclic amines) is 1. The van der Waals surface area contributed by atoms with Gasteiger partial charge in [0.25, 0.3) is 0 Å². The number of aliphatic hydroxyl groups is 1. The van der Waals surface area contributed by atoms with Crippen molar-refractivity contribution in [1.29, 1.82) is 0 Å². The van der Waals surface area contributed by atoms with Crippen LogP contribution in [0.5, 0.6) is 0 Å². The van der Waals surface area contributed by atoms with Crippen molar-refractivity contribution in [3.8, 4) is 0 Å². The van der Waals surface area contributed by atoms with Crippen LogP contribution >= 0.6 is 0 Å². The fourth-order valence-electron chi connectivity index (χ4n) is 3.61. The molecule has 0 aromatic heterocycles. The minimum absolute atomic E-state index is 0.146. The van der Waals surface area contributed by atoms with E-state index >= 15 is 0 Å². The van der Waals surface area contributed by atoms with E-state index in [2.05, 4.69) is 47.5 Å². The van der Waals surface area contributed by atoms with E-state index in [4.69, 9.17) is 0 Å². The quantitative estimate of drug-likeness (QED) is 0.813. The number of aliphatic hydroxyl groups excluding tert-OH is 1. The van der Waals surface area contributed by atoms with Gasteiger partial charge in [0, 0.05) is 18.5 Å². The molecule has 0 spiro atoms. The molecule has 1 heterocycles. The minimum Gasteiger partial charge on any atom is -0.392 e. The third-order valence-corrected chi connectivity index (χ3v) is 5.33. The average Bonchev–Trinajstić information content (AvgIpc) is 3.34. The van der Waals surface area contributed by atoms with E-state index < -0.39 is 0 Å². The Morgan fingerprint density at radius 1 is 1.23 bits per heavy atom. The molecule has 122 valence electrons. The van der Waals surface area contributed by atoms with E-state index in [0.717, 1.165) is 44.4 Å². The first-order valence-corrected chi connectivity index (χ1v) is 8.95. The van der Waals surface area contributed by atoms with Gasteiger partial charge in [-0.25, -0.2) is 0 Å². The molecule has 3 unspecified atom stereocenters. The number of rotatable bonds is 7. The molecule has 1 aromatic carbocycles. The molecular weight excluding hydrogens is 272 g/mol. The lowest BCUT2D eigenvalue weighted by molar-refractivity contribution is 0.0867. The van der Waals surface area contributed by atoms with Gasteiger partial charge in [-0.2, -0.15) is 0 Å². The first-order chi connectivity index (χ1) is 10.8. The van der Waals surface area contributed by atoms with E-state index in [1.807, 2.05) is 0 Å². The van der Waals surface area contributed by atoms with Gasteiger partial charge in [0.05, 0.1) is 6.10 Å². The molecule has 1 aliphatic heterocycles. The SMILES string of the molecule is CCC(O)CN1CCC(CNC2CC2c2ccccc2)CC1. The van der Waals surface area contributed by atoms with Crippen molar-refractivity contribution in [3.63, 3.8) is 0 Å². The molecule has 2 N–H and O–H groups in total. The first kappa shape index (κ1) is 16.0. The zero-order valence-electron chi connectivity index (χ0n) is 13.7. The van der Waals surface area contributed by atoms with E-state index in [1.165, 1.54) is 24.8 Å². The lowest BCUT2D eigenvalue weighted by Crippen LogP contribution is -2.41. The summed E-state index contributed by atoms with van der Waals surface area (Å²) < 4.78 is 0. The van der Waals surface area contributed by atoms with Crippen LogP contribution in [0.4, 0.5) is 0 Å². The summed E-state index contributed by atoms with van der Waals surface area (Å²) in [5, 5.41) is 13.5. The topological polar surface area (TPSA) is 35.5 Å². The predicted molar refractivity (Wildman–Crippen MR) is 91.1 cm³/mol. The van der Waals surface area contributed by atoms with Gasteiger partial charge in [-0.1, -0.05) is 37.3 Å². The second kappa shape index (κ2) is 7.58. The Morgan fingerprint density at radius 3 is 2.64 bits per heavy atom. The zero-order valence-corrected chi connectivity index (χ0v) is 13.7. The van der Waals surface area contributed by atoms with Crippen LogP contribution < -0.4 is 5.32 Å². The van der Waals surface area contributed by atoms with Gasteiger partial charge in [0.2, 0.25) is 0 Å². The normalized spacial score (nSPS) is 27.7. The van der Waals surface area contributed by atoms with Crippen molar-refractivity contribution in [3.05, 3.63) is 35.9 Å². The van der Waals surface area contributed by atoms with Gasteiger partial charge in [-0.05, 0) is 56.8 Å². The molecule has 0 amide bonds. The number of nitrogens with zero attached hydrogens (tertiary/aromatic N) is 1. The van der Waals surface area contributed by atoms with Gasteiger partial charge in [0.1, 0.15) is 0 Å². The number of hydrogen-bond acceptors (Lipinski definition) is 3. The number of nitrogens with one attached hydrogen (secondary N) is 1. The zero-order chi connectivity index (χ0) is 15.4. The smallest absolute Gasteiger partial charge is 0.0664 e. The second-order valence-corrected chi connectivity index (χ2v) is 7.07. The Morgan fingerprint density at radius 2 is 1.95 bits per heavy atom. The van der Waals surface area contributed by atoms with Crippen molar-refractivity contribution in [2.45, 2.75) is 50.7 Å². The van der Waals surface area contributed by atoms with Gasteiger partial charge in [-0.15, -0.1) is 0 Å². The van der Waals surface area contributed by atoms with E-state index in [9.17, 15) is 5.11 Å². The summed E-state index contributed by atoms with van der Waals surface area (Å²) in [4.78, 5) is 2.43. The summed E-state index contributed by atoms with van der Waals surface area (Å²) in [6.07, 6.45) is 4.56. The monoisotopic (exact) mass is 302 g/mol. The summed E-state index contributed by atoms with van der Waals surface area (Å²) in [7, 11) is 0. The molecule has 1 saturated carbocycles. The highest BCUT2D eigenvalue weighted by molar-refractivity contribution is 5.27. The average molecular weight is 302 g/mol. The Bertz CT molecular complexity index is 442. The molecule has 22 heavy (non-hydrogen) atoms. The summed E-state index contributed by atoms with van der Waals surface area (Å²) in [6.45, 7) is 6.38.